The van der Waals surface area contributed by atoms with Crippen molar-refractivity contribution < 1.29 is 4.79 Å². The van der Waals surface area contributed by atoms with Gasteiger partial charge in [0.2, 0.25) is 0 Å². The summed E-state index contributed by atoms with van der Waals surface area (Å²) in [4.78, 5) is 11.5. The van der Waals surface area contributed by atoms with Crippen molar-refractivity contribution in [1.82, 2.24) is 0 Å². The first-order valence-corrected chi connectivity index (χ1v) is 11.9. The summed E-state index contributed by atoms with van der Waals surface area (Å²) in [5.41, 5.74) is 3.77. The molecule has 0 amide bonds. The van der Waals surface area contributed by atoms with Crippen LogP contribution < -0.4 is 0 Å². The SMILES string of the molecule is C=C(C(C=O)Cc1ccccc1)C(CCC)CCCC.CC.CCc1ccccc1. The molecule has 0 bridgehead atoms. The van der Waals surface area contributed by atoms with Crippen LogP contribution in [0.25, 0.3) is 0 Å². The third-order valence-corrected chi connectivity index (χ3v) is 5.26. The van der Waals surface area contributed by atoms with E-state index in [4.69, 9.17) is 0 Å². The molecule has 0 fully saturated rings. The number of hydrogen-bond donors (Lipinski definition) is 0. The maximum absolute atomic E-state index is 11.5. The van der Waals surface area contributed by atoms with Crippen LogP contribution in [0.3, 0.4) is 0 Å². The van der Waals surface area contributed by atoms with Crippen molar-refractivity contribution in [3.05, 3.63) is 83.9 Å². The van der Waals surface area contributed by atoms with E-state index >= 15 is 0 Å². The van der Waals surface area contributed by atoms with Crippen molar-refractivity contribution in [2.75, 3.05) is 0 Å². The van der Waals surface area contributed by atoms with Gasteiger partial charge in [0.15, 0.2) is 0 Å². The van der Waals surface area contributed by atoms with Crippen LogP contribution in [-0.2, 0) is 17.6 Å². The Morgan fingerprint density at radius 3 is 1.77 bits per heavy atom. The van der Waals surface area contributed by atoms with Gasteiger partial charge in [-0.05, 0) is 42.7 Å². The Balaban J connectivity index is 0.000000696. The molecule has 0 N–H and O–H groups in total. The van der Waals surface area contributed by atoms with E-state index in [1.54, 1.807) is 0 Å². The van der Waals surface area contributed by atoms with Gasteiger partial charge in [0.1, 0.15) is 6.29 Å². The molecule has 0 aliphatic heterocycles. The van der Waals surface area contributed by atoms with Crippen molar-refractivity contribution in [2.45, 2.75) is 79.6 Å². The lowest BCUT2D eigenvalue weighted by Crippen LogP contribution is -2.16. The summed E-state index contributed by atoms with van der Waals surface area (Å²) in [6.07, 6.45) is 8.92. The van der Waals surface area contributed by atoms with Crippen LogP contribution in [0.5, 0.6) is 0 Å². The molecule has 0 aliphatic rings. The number of carbonyl (C=O) groups excluding carboxylic acids is 1. The fourth-order valence-electron chi connectivity index (χ4n) is 3.47. The Bertz CT molecular complexity index is 645. The summed E-state index contributed by atoms with van der Waals surface area (Å²) >= 11 is 0. The molecule has 0 heterocycles. The van der Waals surface area contributed by atoms with Crippen molar-refractivity contribution in [1.29, 1.82) is 0 Å². The summed E-state index contributed by atoms with van der Waals surface area (Å²) in [6.45, 7) is 14.8. The van der Waals surface area contributed by atoms with Crippen LogP contribution in [-0.4, -0.2) is 6.29 Å². The minimum absolute atomic E-state index is 0.0363. The molecule has 30 heavy (non-hydrogen) atoms. The third kappa shape index (κ3) is 11.8. The lowest BCUT2D eigenvalue weighted by Gasteiger charge is -2.23. The zero-order chi connectivity index (χ0) is 22.6. The summed E-state index contributed by atoms with van der Waals surface area (Å²) in [7, 11) is 0. The molecule has 0 spiro atoms. The van der Waals surface area contributed by atoms with Gasteiger partial charge >= 0.3 is 0 Å². The minimum Gasteiger partial charge on any atom is -0.303 e. The van der Waals surface area contributed by atoms with Crippen LogP contribution >= 0.6 is 0 Å². The maximum Gasteiger partial charge on any atom is 0.127 e. The number of carbonyl (C=O) groups is 1. The second-order valence-corrected chi connectivity index (χ2v) is 7.47. The van der Waals surface area contributed by atoms with E-state index in [0.717, 1.165) is 37.5 Å². The number of unbranched alkanes of at least 4 members (excludes halogenated alkanes) is 1. The average Bonchev–Trinajstić information content (AvgIpc) is 2.82. The van der Waals surface area contributed by atoms with E-state index in [-0.39, 0.29) is 5.92 Å². The number of aryl methyl sites for hydroxylation is 1. The van der Waals surface area contributed by atoms with Crippen LogP contribution in [0.4, 0.5) is 0 Å². The first-order valence-electron chi connectivity index (χ1n) is 11.9. The van der Waals surface area contributed by atoms with Gasteiger partial charge in [-0.1, -0.05) is 127 Å². The van der Waals surface area contributed by atoms with Gasteiger partial charge in [0, 0.05) is 5.92 Å². The predicted octanol–water partition coefficient (Wildman–Crippen LogP) is 8.48. The number of aldehydes is 1. The predicted molar refractivity (Wildman–Crippen MR) is 134 cm³/mol. The third-order valence-electron chi connectivity index (χ3n) is 5.26. The molecule has 166 valence electrons. The number of hydrogen-bond acceptors (Lipinski definition) is 1. The maximum atomic E-state index is 11.5. The fraction of sp³-hybridized carbons (Fsp3) is 0.483. The summed E-state index contributed by atoms with van der Waals surface area (Å²) in [6, 6.07) is 20.7. The standard InChI is InChI=1S/C19H28O.C8H10.C2H6/c1-4-6-13-18(10-5-2)16(3)19(15-20)14-17-11-8-7-9-12-17;1-2-8-6-4-3-5-7-8;1-2/h7-9,11-12,15,18-19H,3-6,10,13-14H2,1-2H3;3-7H,2H2,1H3;1-2H3. The van der Waals surface area contributed by atoms with Gasteiger partial charge in [-0.15, -0.1) is 0 Å². The van der Waals surface area contributed by atoms with Gasteiger partial charge in [-0.3, -0.25) is 0 Å². The topological polar surface area (TPSA) is 17.1 Å². The monoisotopic (exact) mass is 408 g/mol. The molecular formula is C29H44O. The average molecular weight is 409 g/mol. The summed E-state index contributed by atoms with van der Waals surface area (Å²) in [5.74, 6) is 0.463. The van der Waals surface area contributed by atoms with Crippen molar-refractivity contribution in [3.8, 4) is 0 Å². The molecule has 0 saturated heterocycles. The van der Waals surface area contributed by atoms with Crippen molar-refractivity contribution in [2.24, 2.45) is 11.8 Å². The molecule has 0 aliphatic carbocycles. The van der Waals surface area contributed by atoms with Gasteiger partial charge in [-0.2, -0.15) is 0 Å². The number of benzene rings is 2. The molecule has 2 atom stereocenters. The molecule has 0 radical (unpaired) electrons. The molecular weight excluding hydrogens is 364 g/mol. The highest BCUT2D eigenvalue weighted by atomic mass is 16.1. The minimum atomic E-state index is -0.0363. The Morgan fingerprint density at radius 2 is 1.37 bits per heavy atom. The van der Waals surface area contributed by atoms with E-state index in [9.17, 15) is 4.79 Å². The summed E-state index contributed by atoms with van der Waals surface area (Å²) < 4.78 is 0. The first kappa shape index (κ1) is 27.8. The lowest BCUT2D eigenvalue weighted by atomic mass is 9.81. The Hall–Kier alpha value is -2.15. The highest BCUT2D eigenvalue weighted by Gasteiger charge is 2.20. The largest absolute Gasteiger partial charge is 0.303 e. The number of allylic oxidation sites excluding steroid dienone is 1. The molecule has 2 aromatic rings. The second-order valence-electron chi connectivity index (χ2n) is 7.47. The highest BCUT2D eigenvalue weighted by molar-refractivity contribution is 5.59. The Labute approximate surface area is 186 Å². The molecule has 1 nitrogen and oxygen atoms in total. The van der Waals surface area contributed by atoms with Crippen LogP contribution in [0.15, 0.2) is 72.8 Å². The molecule has 1 heteroatoms. The van der Waals surface area contributed by atoms with Gasteiger partial charge in [0.05, 0.1) is 0 Å². The summed E-state index contributed by atoms with van der Waals surface area (Å²) in [5, 5.41) is 0. The zero-order valence-electron chi connectivity index (χ0n) is 20.1. The molecule has 2 aromatic carbocycles. The second kappa shape index (κ2) is 18.9. The van der Waals surface area contributed by atoms with E-state index in [1.165, 1.54) is 30.4 Å². The molecule has 2 rings (SSSR count). The van der Waals surface area contributed by atoms with E-state index in [0.29, 0.717) is 5.92 Å². The first-order chi connectivity index (χ1) is 14.7. The van der Waals surface area contributed by atoms with Crippen LogP contribution in [0.1, 0.15) is 77.8 Å². The smallest absolute Gasteiger partial charge is 0.127 e. The van der Waals surface area contributed by atoms with Crippen molar-refractivity contribution in [3.63, 3.8) is 0 Å². The van der Waals surface area contributed by atoms with E-state index in [2.05, 4.69) is 63.7 Å². The molecule has 2 unspecified atom stereocenters. The van der Waals surface area contributed by atoms with Gasteiger partial charge in [0.25, 0.3) is 0 Å². The zero-order valence-corrected chi connectivity index (χ0v) is 20.1. The van der Waals surface area contributed by atoms with Gasteiger partial charge in [-0.25, -0.2) is 0 Å². The van der Waals surface area contributed by atoms with E-state index in [1.807, 2.05) is 38.1 Å². The Kier molecular flexibility index (Phi) is 17.5. The fourth-order valence-corrected chi connectivity index (χ4v) is 3.47. The molecule has 0 aromatic heterocycles. The quantitative estimate of drug-likeness (QED) is 0.269. The molecule has 0 saturated carbocycles. The van der Waals surface area contributed by atoms with Crippen LogP contribution in [0.2, 0.25) is 0 Å². The lowest BCUT2D eigenvalue weighted by molar-refractivity contribution is -0.110. The Morgan fingerprint density at radius 1 is 0.833 bits per heavy atom. The normalized spacial score (nSPS) is 11.8. The highest BCUT2D eigenvalue weighted by Crippen LogP contribution is 2.28. The number of rotatable bonds is 11. The van der Waals surface area contributed by atoms with Crippen LogP contribution in [0, 0.1) is 11.8 Å². The van der Waals surface area contributed by atoms with Crippen molar-refractivity contribution >= 4 is 6.29 Å². The van der Waals surface area contributed by atoms with E-state index < -0.39 is 0 Å². The van der Waals surface area contributed by atoms with Gasteiger partial charge < -0.3 is 4.79 Å².